The summed E-state index contributed by atoms with van der Waals surface area (Å²) in [6.45, 7) is 1.99. The molecule has 1 aromatic rings. The van der Waals surface area contributed by atoms with Crippen molar-refractivity contribution in [2.45, 2.75) is 6.92 Å². The molecule has 3 heteroatoms. The summed E-state index contributed by atoms with van der Waals surface area (Å²) < 4.78 is 1.71. The molecule has 0 amide bonds. The van der Waals surface area contributed by atoms with Gasteiger partial charge in [-0.3, -0.25) is 4.84 Å². The average Bonchev–Trinajstić information content (AvgIpc) is 1.89. The lowest BCUT2D eigenvalue weighted by atomic mass is 10.4. The van der Waals surface area contributed by atoms with Gasteiger partial charge in [0, 0.05) is 23.8 Å². The minimum Gasteiger partial charge on any atom is -1.00 e. The van der Waals surface area contributed by atoms with Crippen molar-refractivity contribution in [1.29, 1.82) is 0 Å². The molecule has 10 heavy (non-hydrogen) atoms. The zero-order valence-electron chi connectivity index (χ0n) is 6.04. The van der Waals surface area contributed by atoms with Gasteiger partial charge in [0.1, 0.15) is 7.11 Å². The Hall–Kier alpha value is -0.570. The molecule has 1 rings (SSSR count). The van der Waals surface area contributed by atoms with Crippen molar-refractivity contribution in [2.24, 2.45) is 0 Å². The van der Waals surface area contributed by atoms with Gasteiger partial charge < -0.3 is 17.0 Å². The first-order chi connectivity index (χ1) is 4.34. The molecule has 2 nitrogen and oxygen atoms in total. The first-order valence-corrected chi connectivity index (χ1v) is 2.86. The number of pyridine rings is 1. The third kappa shape index (κ3) is 1.99. The quantitative estimate of drug-likeness (QED) is 0.455. The Balaban J connectivity index is 0.000000810. The largest absolute Gasteiger partial charge is 1.00 e. The molecule has 0 atom stereocenters. The second-order valence-electron chi connectivity index (χ2n) is 1.85. The van der Waals surface area contributed by atoms with E-state index < -0.39 is 0 Å². The highest BCUT2D eigenvalue weighted by Crippen LogP contribution is 1.84. The molecule has 0 radical (unpaired) electrons. The van der Waals surface area contributed by atoms with E-state index >= 15 is 0 Å². The van der Waals surface area contributed by atoms with Gasteiger partial charge in [-0.1, -0.05) is 0 Å². The SMILES string of the molecule is CO[n+]1ccccc1C.[Br-]. The molecular formula is C7H10BrNO. The van der Waals surface area contributed by atoms with E-state index in [1.54, 1.807) is 11.8 Å². The first-order valence-electron chi connectivity index (χ1n) is 2.86. The minimum absolute atomic E-state index is 0. The van der Waals surface area contributed by atoms with Crippen LogP contribution in [0, 0.1) is 6.92 Å². The number of aromatic nitrogens is 1. The Kier molecular flexibility index (Phi) is 4.03. The summed E-state index contributed by atoms with van der Waals surface area (Å²) in [4.78, 5) is 4.96. The Labute approximate surface area is 71.2 Å². The Morgan fingerprint density at radius 2 is 2.10 bits per heavy atom. The molecule has 0 spiro atoms. The van der Waals surface area contributed by atoms with Crippen LogP contribution < -0.4 is 26.5 Å². The topological polar surface area (TPSA) is 13.1 Å². The molecule has 1 heterocycles. The molecule has 0 unspecified atom stereocenters. The van der Waals surface area contributed by atoms with Gasteiger partial charge in [-0.15, -0.1) is 0 Å². The van der Waals surface area contributed by atoms with Gasteiger partial charge in [0.05, 0.1) is 0 Å². The van der Waals surface area contributed by atoms with Crippen LogP contribution in [0.15, 0.2) is 24.4 Å². The molecule has 0 aliphatic rings. The van der Waals surface area contributed by atoms with E-state index in [0.29, 0.717) is 0 Å². The van der Waals surface area contributed by atoms with Gasteiger partial charge in [-0.05, 0) is 6.07 Å². The average molecular weight is 204 g/mol. The highest BCUT2D eigenvalue weighted by atomic mass is 79.9. The normalized spacial score (nSPS) is 8.20. The Bertz CT molecular complexity index is 203. The van der Waals surface area contributed by atoms with Crippen molar-refractivity contribution in [3.05, 3.63) is 30.1 Å². The molecule has 0 fully saturated rings. The number of rotatable bonds is 1. The minimum atomic E-state index is 0. The van der Waals surface area contributed by atoms with Gasteiger partial charge >= 0.3 is 0 Å². The van der Waals surface area contributed by atoms with E-state index in [1.165, 1.54) is 0 Å². The van der Waals surface area contributed by atoms with Crippen LogP contribution >= 0.6 is 0 Å². The summed E-state index contributed by atoms with van der Waals surface area (Å²) in [5, 5.41) is 0. The predicted molar refractivity (Wildman–Crippen MR) is 33.9 cm³/mol. The lowest BCUT2D eigenvalue weighted by Gasteiger charge is -1.91. The smallest absolute Gasteiger partial charge is 0.231 e. The third-order valence-electron chi connectivity index (χ3n) is 1.21. The summed E-state index contributed by atoms with van der Waals surface area (Å²) in [6, 6.07) is 5.89. The Morgan fingerprint density at radius 3 is 2.50 bits per heavy atom. The molecule has 0 aliphatic carbocycles. The van der Waals surface area contributed by atoms with E-state index in [2.05, 4.69) is 0 Å². The van der Waals surface area contributed by atoms with E-state index in [-0.39, 0.29) is 17.0 Å². The van der Waals surface area contributed by atoms with Crippen molar-refractivity contribution in [3.8, 4) is 0 Å². The highest BCUT2D eigenvalue weighted by molar-refractivity contribution is 4.93. The van der Waals surface area contributed by atoms with Gasteiger partial charge in [0.15, 0.2) is 0 Å². The van der Waals surface area contributed by atoms with Crippen LogP contribution in [0.3, 0.4) is 0 Å². The fourth-order valence-corrected chi connectivity index (χ4v) is 0.719. The van der Waals surface area contributed by atoms with Crippen molar-refractivity contribution in [3.63, 3.8) is 0 Å². The zero-order chi connectivity index (χ0) is 6.69. The maximum absolute atomic E-state index is 4.96. The number of hydrogen-bond donors (Lipinski definition) is 0. The van der Waals surface area contributed by atoms with E-state index in [9.17, 15) is 0 Å². The number of nitrogens with zero attached hydrogens (tertiary/aromatic N) is 1. The second kappa shape index (κ2) is 4.28. The second-order valence-corrected chi connectivity index (χ2v) is 1.85. The maximum atomic E-state index is 4.96. The summed E-state index contributed by atoms with van der Waals surface area (Å²) in [5.41, 5.74) is 1.10. The van der Waals surface area contributed by atoms with Crippen LogP contribution in [0.1, 0.15) is 5.69 Å². The predicted octanol–water partition coefficient (Wildman–Crippen LogP) is -2.66. The molecule has 1 aromatic heterocycles. The number of halogens is 1. The Morgan fingerprint density at radius 1 is 1.40 bits per heavy atom. The van der Waals surface area contributed by atoms with E-state index in [0.717, 1.165) is 5.69 Å². The summed E-state index contributed by atoms with van der Waals surface area (Å²) in [5.74, 6) is 0. The van der Waals surface area contributed by atoms with Crippen molar-refractivity contribution in [1.82, 2.24) is 0 Å². The fourth-order valence-electron chi connectivity index (χ4n) is 0.719. The summed E-state index contributed by atoms with van der Waals surface area (Å²) in [7, 11) is 1.65. The lowest BCUT2D eigenvalue weighted by Crippen LogP contribution is -3.00. The molecule has 56 valence electrons. The molecular weight excluding hydrogens is 194 g/mol. The van der Waals surface area contributed by atoms with E-state index in [4.69, 9.17) is 4.84 Å². The van der Waals surface area contributed by atoms with Crippen molar-refractivity contribution < 1.29 is 26.5 Å². The molecule has 0 bridgehead atoms. The van der Waals surface area contributed by atoms with Crippen LogP contribution in [0.2, 0.25) is 0 Å². The van der Waals surface area contributed by atoms with Crippen molar-refractivity contribution in [2.75, 3.05) is 7.11 Å². The highest BCUT2D eigenvalue weighted by Gasteiger charge is 2.00. The standard InChI is InChI=1S/C7H10NO.BrH/c1-7-5-3-4-6-8(7)9-2;/h3-6H,1-2H3;1H/q+1;/p-1. The van der Waals surface area contributed by atoms with Crippen molar-refractivity contribution >= 4 is 0 Å². The zero-order valence-corrected chi connectivity index (χ0v) is 7.63. The molecule has 0 saturated heterocycles. The monoisotopic (exact) mass is 203 g/mol. The van der Waals surface area contributed by atoms with Gasteiger partial charge in [-0.25, -0.2) is 0 Å². The third-order valence-corrected chi connectivity index (χ3v) is 1.21. The van der Waals surface area contributed by atoms with Crippen LogP contribution in [0.25, 0.3) is 0 Å². The molecule has 0 aromatic carbocycles. The van der Waals surface area contributed by atoms with Crippen LogP contribution in [-0.2, 0) is 0 Å². The molecule has 0 aliphatic heterocycles. The van der Waals surface area contributed by atoms with Gasteiger partial charge in [-0.2, -0.15) is 0 Å². The number of aryl methyl sites for hydroxylation is 1. The maximum Gasteiger partial charge on any atom is 0.231 e. The molecule has 0 saturated carbocycles. The summed E-state index contributed by atoms with van der Waals surface area (Å²) >= 11 is 0. The lowest BCUT2D eigenvalue weighted by molar-refractivity contribution is -0.889. The number of hydrogen-bond acceptors (Lipinski definition) is 1. The fraction of sp³-hybridized carbons (Fsp3) is 0.286. The van der Waals surface area contributed by atoms with Gasteiger partial charge in [0.25, 0.3) is 0 Å². The van der Waals surface area contributed by atoms with Crippen LogP contribution in [-0.4, -0.2) is 7.11 Å². The molecule has 0 N–H and O–H groups in total. The van der Waals surface area contributed by atoms with Crippen LogP contribution in [0.5, 0.6) is 0 Å². The van der Waals surface area contributed by atoms with E-state index in [1.807, 2.05) is 31.3 Å². The summed E-state index contributed by atoms with van der Waals surface area (Å²) in [6.07, 6.45) is 1.87. The van der Waals surface area contributed by atoms with Gasteiger partial charge in [0.2, 0.25) is 11.9 Å². The first kappa shape index (κ1) is 9.43. The van der Waals surface area contributed by atoms with Crippen LogP contribution in [0.4, 0.5) is 0 Å².